The van der Waals surface area contributed by atoms with Crippen LogP contribution < -0.4 is 19.8 Å². The quantitative estimate of drug-likeness (QED) is 0.260. The van der Waals surface area contributed by atoms with Gasteiger partial charge in [-0.2, -0.15) is 0 Å². The zero-order valence-corrected chi connectivity index (χ0v) is 24.5. The number of esters is 1. The number of carbonyl (C=O) groups excluding carboxylic acids is 2. The van der Waals surface area contributed by atoms with E-state index in [1.165, 1.54) is 22.3 Å². The minimum absolute atomic E-state index is 0.175. The third-order valence-corrected chi connectivity index (χ3v) is 8.62. The van der Waals surface area contributed by atoms with E-state index in [1.807, 2.05) is 24.3 Å². The number of rotatable bonds is 9. The minimum Gasteiger partial charge on any atom is -0.463 e. The highest BCUT2D eigenvalue weighted by molar-refractivity contribution is 7.07. The lowest BCUT2D eigenvalue weighted by Crippen LogP contribution is -2.41. The summed E-state index contributed by atoms with van der Waals surface area (Å²) >= 11 is 7.34. The van der Waals surface area contributed by atoms with Gasteiger partial charge in [0.25, 0.3) is 11.5 Å². The maximum atomic E-state index is 14.2. The summed E-state index contributed by atoms with van der Waals surface area (Å²) in [6.45, 7) is 6.45. The van der Waals surface area contributed by atoms with Crippen molar-refractivity contribution in [3.63, 3.8) is 0 Å². The molecular formula is C31H32ClN3O4S. The summed E-state index contributed by atoms with van der Waals surface area (Å²) in [6, 6.07) is 13.9. The van der Waals surface area contributed by atoms with Crippen LogP contribution in [-0.4, -0.2) is 29.6 Å². The zero-order chi connectivity index (χ0) is 28.4. The molecule has 3 aromatic rings. The highest BCUT2D eigenvalue weighted by Gasteiger charge is 2.37. The molecule has 208 valence electrons. The molecule has 0 aliphatic carbocycles. The van der Waals surface area contributed by atoms with Crippen LogP contribution in [0.3, 0.4) is 0 Å². The number of ether oxygens (including phenoxy) is 1. The number of amides is 1. The van der Waals surface area contributed by atoms with Gasteiger partial charge >= 0.3 is 5.97 Å². The average molecular weight is 578 g/mol. The van der Waals surface area contributed by atoms with E-state index in [2.05, 4.69) is 11.9 Å². The normalized spacial score (nSPS) is 17.6. The summed E-state index contributed by atoms with van der Waals surface area (Å²) in [5.74, 6) is -0.704. The Morgan fingerprint density at radius 1 is 1.02 bits per heavy atom. The molecule has 1 atom stereocenters. The maximum absolute atomic E-state index is 14.2. The fourth-order valence-electron chi connectivity index (χ4n) is 5.40. The SMILES string of the molecule is CCCCCCCN1C(=O)/C(=c2\sc3n(c2=O)[C@H](c2ccc(Cl)cc2)C(C(=O)OCC)=C(C)N=3)c2ccccc21. The molecule has 0 saturated carbocycles. The van der Waals surface area contributed by atoms with Crippen LogP contribution >= 0.6 is 22.9 Å². The van der Waals surface area contributed by atoms with Gasteiger partial charge in [-0.25, -0.2) is 9.79 Å². The van der Waals surface area contributed by atoms with Gasteiger partial charge in [-0.1, -0.05) is 85.9 Å². The Morgan fingerprint density at radius 2 is 1.75 bits per heavy atom. The summed E-state index contributed by atoms with van der Waals surface area (Å²) in [4.78, 5) is 48.1. The number of hydrogen-bond acceptors (Lipinski definition) is 6. The second-order valence-electron chi connectivity index (χ2n) is 9.94. The van der Waals surface area contributed by atoms with Gasteiger partial charge in [0, 0.05) is 17.1 Å². The summed E-state index contributed by atoms with van der Waals surface area (Å²) in [7, 11) is 0. The molecule has 2 aliphatic rings. The number of aromatic nitrogens is 1. The van der Waals surface area contributed by atoms with E-state index in [9.17, 15) is 14.4 Å². The number of unbranched alkanes of at least 4 members (excludes halogenated alkanes) is 4. The number of hydrogen-bond donors (Lipinski definition) is 0. The van der Waals surface area contributed by atoms with Gasteiger partial charge < -0.3 is 9.64 Å². The fourth-order valence-corrected chi connectivity index (χ4v) is 6.66. The van der Waals surface area contributed by atoms with Crippen molar-refractivity contribution in [1.82, 2.24) is 4.57 Å². The number of benzene rings is 2. The molecule has 7 nitrogen and oxygen atoms in total. The van der Waals surface area contributed by atoms with Crippen LogP contribution in [0.1, 0.15) is 70.0 Å². The van der Waals surface area contributed by atoms with Crippen LogP contribution in [0.15, 0.2) is 69.6 Å². The highest BCUT2D eigenvalue weighted by Crippen LogP contribution is 2.36. The van der Waals surface area contributed by atoms with Crippen molar-refractivity contribution in [3.05, 3.63) is 95.6 Å². The summed E-state index contributed by atoms with van der Waals surface area (Å²) in [5.41, 5.74) is 3.06. The molecule has 40 heavy (non-hydrogen) atoms. The number of thiazole rings is 1. The van der Waals surface area contributed by atoms with E-state index in [0.29, 0.717) is 43.3 Å². The van der Waals surface area contributed by atoms with E-state index in [-0.39, 0.29) is 18.1 Å². The molecule has 2 aromatic carbocycles. The van der Waals surface area contributed by atoms with Crippen molar-refractivity contribution in [2.75, 3.05) is 18.1 Å². The number of nitrogens with zero attached hydrogens (tertiary/aromatic N) is 3. The van der Waals surface area contributed by atoms with Crippen LogP contribution in [0, 0.1) is 0 Å². The third kappa shape index (κ3) is 5.06. The van der Waals surface area contributed by atoms with Gasteiger partial charge in [-0.15, -0.1) is 0 Å². The van der Waals surface area contributed by atoms with Gasteiger partial charge in [0.05, 0.1) is 35.2 Å². The topological polar surface area (TPSA) is 81.0 Å². The van der Waals surface area contributed by atoms with Crippen molar-refractivity contribution < 1.29 is 14.3 Å². The molecule has 0 N–H and O–H groups in total. The standard InChI is InChI=1S/C31H32ClN3O4S/c1-4-6-7-8-11-18-34-23-13-10-9-12-22(23)25(28(34)36)27-29(37)35-26(20-14-16-21(32)17-15-20)24(30(38)39-5-2)19(3)33-31(35)40-27/h9-10,12-17,26H,4-8,11,18H2,1-3H3/b27-25-/t26-/m1/s1. The van der Waals surface area contributed by atoms with Crippen LogP contribution in [-0.2, 0) is 14.3 Å². The molecule has 0 radical (unpaired) electrons. The Labute approximate surface area is 242 Å². The number of fused-ring (bicyclic) bond motifs is 2. The van der Waals surface area contributed by atoms with Gasteiger partial charge in [-0.3, -0.25) is 14.2 Å². The van der Waals surface area contributed by atoms with Crippen LogP contribution in [0.2, 0.25) is 5.02 Å². The second kappa shape index (κ2) is 11.9. The van der Waals surface area contributed by atoms with Gasteiger partial charge in [-0.05, 0) is 44.0 Å². The molecule has 0 spiro atoms. The van der Waals surface area contributed by atoms with Crippen molar-refractivity contribution in [2.45, 2.75) is 58.9 Å². The highest BCUT2D eigenvalue weighted by atomic mass is 35.5. The lowest BCUT2D eigenvalue weighted by atomic mass is 9.96. The number of para-hydroxylation sites is 1. The number of carbonyl (C=O) groups is 2. The summed E-state index contributed by atoms with van der Waals surface area (Å²) in [6.07, 6.45) is 5.42. The van der Waals surface area contributed by atoms with Crippen molar-refractivity contribution in [3.8, 4) is 0 Å². The van der Waals surface area contributed by atoms with Gasteiger partial charge in [0.2, 0.25) is 0 Å². The maximum Gasteiger partial charge on any atom is 0.338 e. The predicted molar refractivity (Wildman–Crippen MR) is 158 cm³/mol. The third-order valence-electron chi connectivity index (χ3n) is 7.31. The fraction of sp³-hybridized carbons (Fsp3) is 0.355. The summed E-state index contributed by atoms with van der Waals surface area (Å²) < 4.78 is 7.20. The molecule has 0 saturated heterocycles. The summed E-state index contributed by atoms with van der Waals surface area (Å²) in [5, 5.41) is 0.541. The van der Waals surface area contributed by atoms with E-state index in [4.69, 9.17) is 16.3 Å². The first kappa shape index (κ1) is 28.1. The Bertz CT molecular complexity index is 1670. The number of halogens is 1. The zero-order valence-electron chi connectivity index (χ0n) is 22.9. The minimum atomic E-state index is -0.761. The largest absolute Gasteiger partial charge is 0.463 e. The average Bonchev–Trinajstić information content (AvgIpc) is 3.40. The Morgan fingerprint density at radius 3 is 2.48 bits per heavy atom. The number of anilines is 1. The predicted octanol–water partition coefficient (Wildman–Crippen LogP) is 5.14. The van der Waals surface area contributed by atoms with Gasteiger partial charge in [0.1, 0.15) is 4.53 Å². The van der Waals surface area contributed by atoms with Crippen molar-refractivity contribution in [1.29, 1.82) is 0 Å². The molecule has 1 aromatic heterocycles. The Balaban J connectivity index is 1.67. The van der Waals surface area contributed by atoms with Crippen molar-refractivity contribution >= 4 is 46.1 Å². The molecule has 0 fully saturated rings. The molecular weight excluding hydrogens is 546 g/mol. The first-order valence-electron chi connectivity index (χ1n) is 13.8. The Kier molecular flexibility index (Phi) is 8.38. The van der Waals surface area contributed by atoms with E-state index < -0.39 is 12.0 Å². The molecule has 0 bridgehead atoms. The molecule has 3 heterocycles. The lowest BCUT2D eigenvalue weighted by Gasteiger charge is -2.24. The van der Waals surface area contributed by atoms with E-state index >= 15 is 0 Å². The monoisotopic (exact) mass is 577 g/mol. The van der Waals surface area contributed by atoms with Crippen LogP contribution in [0.5, 0.6) is 0 Å². The molecule has 0 unspecified atom stereocenters. The number of allylic oxidation sites excluding steroid dienone is 1. The first-order valence-corrected chi connectivity index (χ1v) is 15.0. The van der Waals surface area contributed by atoms with Crippen LogP contribution in [0.25, 0.3) is 5.57 Å². The molecule has 9 heteroatoms. The van der Waals surface area contributed by atoms with Crippen LogP contribution in [0.4, 0.5) is 5.69 Å². The van der Waals surface area contributed by atoms with Gasteiger partial charge in [0.15, 0.2) is 4.80 Å². The first-order chi connectivity index (χ1) is 19.4. The smallest absolute Gasteiger partial charge is 0.338 e. The van der Waals surface area contributed by atoms with E-state index in [0.717, 1.165) is 36.9 Å². The second-order valence-corrected chi connectivity index (χ2v) is 11.4. The molecule has 2 aliphatic heterocycles. The molecule has 5 rings (SSSR count). The van der Waals surface area contributed by atoms with Crippen molar-refractivity contribution in [2.24, 2.45) is 4.99 Å². The Hall–Kier alpha value is -3.49. The lowest BCUT2D eigenvalue weighted by molar-refractivity contribution is -0.139. The van der Waals surface area contributed by atoms with E-state index in [1.54, 1.807) is 43.0 Å². The molecule has 1 amide bonds.